The SMILES string of the molecule is CCCC(=O)NC(C#N)c1ccc2c(c1)OCO2. The van der Waals surface area contributed by atoms with Gasteiger partial charge in [-0.05, 0) is 24.1 Å². The molecular weight excluding hydrogens is 232 g/mol. The Morgan fingerprint density at radius 1 is 1.50 bits per heavy atom. The van der Waals surface area contributed by atoms with Gasteiger partial charge in [0.2, 0.25) is 12.7 Å². The first kappa shape index (κ1) is 12.2. The van der Waals surface area contributed by atoms with E-state index in [0.717, 1.165) is 6.42 Å². The van der Waals surface area contributed by atoms with Crippen molar-refractivity contribution in [1.82, 2.24) is 5.32 Å². The summed E-state index contributed by atoms with van der Waals surface area (Å²) in [7, 11) is 0. The lowest BCUT2D eigenvalue weighted by Crippen LogP contribution is -2.27. The number of nitrogens with zero attached hydrogens (tertiary/aromatic N) is 1. The average molecular weight is 246 g/mol. The van der Waals surface area contributed by atoms with Crippen LogP contribution in [0.4, 0.5) is 0 Å². The van der Waals surface area contributed by atoms with Crippen molar-refractivity contribution in [2.75, 3.05) is 6.79 Å². The molecule has 0 saturated heterocycles. The van der Waals surface area contributed by atoms with E-state index in [9.17, 15) is 4.79 Å². The molecule has 5 nitrogen and oxygen atoms in total. The summed E-state index contributed by atoms with van der Waals surface area (Å²) >= 11 is 0. The van der Waals surface area contributed by atoms with Crippen molar-refractivity contribution in [3.8, 4) is 17.6 Å². The van der Waals surface area contributed by atoms with Crippen molar-refractivity contribution >= 4 is 5.91 Å². The molecule has 2 rings (SSSR count). The van der Waals surface area contributed by atoms with Crippen molar-refractivity contribution in [2.45, 2.75) is 25.8 Å². The zero-order valence-corrected chi connectivity index (χ0v) is 10.1. The fourth-order valence-corrected chi connectivity index (χ4v) is 1.74. The molecule has 1 aromatic rings. The Balaban J connectivity index is 2.13. The van der Waals surface area contributed by atoms with Gasteiger partial charge >= 0.3 is 0 Å². The minimum absolute atomic E-state index is 0.123. The molecule has 0 fully saturated rings. The number of benzene rings is 1. The Morgan fingerprint density at radius 2 is 2.28 bits per heavy atom. The van der Waals surface area contributed by atoms with Crippen LogP contribution in [0.1, 0.15) is 31.4 Å². The van der Waals surface area contributed by atoms with Crippen molar-refractivity contribution in [3.05, 3.63) is 23.8 Å². The highest BCUT2D eigenvalue weighted by Crippen LogP contribution is 2.34. The molecule has 0 bridgehead atoms. The first-order chi connectivity index (χ1) is 8.74. The summed E-state index contributed by atoms with van der Waals surface area (Å²) in [5.74, 6) is 1.15. The molecule has 1 atom stereocenters. The Labute approximate surface area is 105 Å². The highest BCUT2D eigenvalue weighted by molar-refractivity contribution is 5.76. The predicted octanol–water partition coefficient (Wildman–Crippen LogP) is 1.90. The van der Waals surface area contributed by atoms with E-state index in [1.54, 1.807) is 18.2 Å². The average Bonchev–Trinajstić information content (AvgIpc) is 2.83. The Morgan fingerprint density at radius 3 is 3.00 bits per heavy atom. The molecule has 1 unspecified atom stereocenters. The molecular formula is C13H14N2O3. The largest absolute Gasteiger partial charge is 0.454 e. The monoisotopic (exact) mass is 246 g/mol. The minimum atomic E-state index is -0.654. The molecule has 0 aromatic heterocycles. The molecule has 1 amide bonds. The van der Waals surface area contributed by atoms with Crippen molar-refractivity contribution in [2.24, 2.45) is 0 Å². The van der Waals surface area contributed by atoms with Gasteiger partial charge in [-0.2, -0.15) is 5.26 Å². The first-order valence-corrected chi connectivity index (χ1v) is 5.83. The number of hydrogen-bond donors (Lipinski definition) is 1. The second kappa shape index (κ2) is 5.41. The zero-order valence-electron chi connectivity index (χ0n) is 10.1. The molecule has 1 aliphatic heterocycles. The summed E-state index contributed by atoms with van der Waals surface area (Å²) in [5, 5.41) is 11.8. The third-order valence-electron chi connectivity index (χ3n) is 2.64. The highest BCUT2D eigenvalue weighted by Gasteiger charge is 2.18. The van der Waals surface area contributed by atoms with Gasteiger partial charge in [-0.25, -0.2) is 0 Å². The van der Waals surface area contributed by atoms with Gasteiger partial charge in [0, 0.05) is 6.42 Å². The van der Waals surface area contributed by atoms with Crippen LogP contribution in [0, 0.1) is 11.3 Å². The number of fused-ring (bicyclic) bond motifs is 1. The van der Waals surface area contributed by atoms with Gasteiger partial charge in [-0.1, -0.05) is 13.0 Å². The lowest BCUT2D eigenvalue weighted by atomic mass is 10.1. The van der Waals surface area contributed by atoms with Gasteiger partial charge in [-0.3, -0.25) is 4.79 Å². The number of nitrogens with one attached hydrogen (secondary N) is 1. The normalized spacial score (nSPS) is 13.8. The fraction of sp³-hybridized carbons (Fsp3) is 0.385. The van der Waals surface area contributed by atoms with Crippen molar-refractivity contribution < 1.29 is 14.3 Å². The van der Waals surface area contributed by atoms with Crippen LogP contribution in [-0.2, 0) is 4.79 Å². The Hall–Kier alpha value is -2.22. The maximum atomic E-state index is 11.5. The first-order valence-electron chi connectivity index (χ1n) is 5.83. The van der Waals surface area contributed by atoms with E-state index in [-0.39, 0.29) is 12.7 Å². The summed E-state index contributed by atoms with van der Waals surface area (Å²) in [5.41, 5.74) is 0.700. The molecule has 0 saturated carbocycles. The molecule has 18 heavy (non-hydrogen) atoms. The van der Waals surface area contributed by atoms with Gasteiger partial charge in [-0.15, -0.1) is 0 Å². The molecule has 1 aliphatic rings. The van der Waals surface area contributed by atoms with Crippen LogP contribution in [0.3, 0.4) is 0 Å². The van der Waals surface area contributed by atoms with Crippen LogP contribution in [0.25, 0.3) is 0 Å². The van der Waals surface area contributed by atoms with Crippen molar-refractivity contribution in [1.29, 1.82) is 5.26 Å². The third-order valence-corrected chi connectivity index (χ3v) is 2.64. The fourth-order valence-electron chi connectivity index (χ4n) is 1.74. The van der Waals surface area contributed by atoms with Crippen LogP contribution in [0.2, 0.25) is 0 Å². The minimum Gasteiger partial charge on any atom is -0.454 e. The van der Waals surface area contributed by atoms with Crippen molar-refractivity contribution in [3.63, 3.8) is 0 Å². The highest BCUT2D eigenvalue weighted by atomic mass is 16.7. The van der Waals surface area contributed by atoms with Gasteiger partial charge in [0.05, 0.1) is 6.07 Å². The molecule has 1 aromatic carbocycles. The number of nitriles is 1. The van der Waals surface area contributed by atoms with E-state index < -0.39 is 6.04 Å². The van der Waals surface area contributed by atoms with Gasteiger partial charge < -0.3 is 14.8 Å². The van der Waals surface area contributed by atoms with E-state index in [0.29, 0.717) is 23.5 Å². The van der Waals surface area contributed by atoms with Crippen LogP contribution < -0.4 is 14.8 Å². The molecule has 0 radical (unpaired) electrons. The van der Waals surface area contributed by atoms with Crippen LogP contribution in [0.5, 0.6) is 11.5 Å². The molecule has 1 N–H and O–H groups in total. The molecule has 5 heteroatoms. The quantitative estimate of drug-likeness (QED) is 0.880. The number of ether oxygens (including phenoxy) is 2. The van der Waals surface area contributed by atoms with Gasteiger partial charge in [0.1, 0.15) is 6.04 Å². The predicted molar refractivity (Wildman–Crippen MR) is 64.0 cm³/mol. The van der Waals surface area contributed by atoms with Crippen LogP contribution >= 0.6 is 0 Å². The number of rotatable bonds is 4. The van der Waals surface area contributed by atoms with E-state index in [1.165, 1.54) is 0 Å². The second-order valence-electron chi connectivity index (χ2n) is 3.99. The number of carbonyl (C=O) groups excluding carboxylic acids is 1. The zero-order chi connectivity index (χ0) is 13.0. The Bertz CT molecular complexity index is 493. The van der Waals surface area contributed by atoms with Crippen LogP contribution in [0.15, 0.2) is 18.2 Å². The van der Waals surface area contributed by atoms with E-state index in [2.05, 4.69) is 11.4 Å². The Kier molecular flexibility index (Phi) is 3.68. The molecule has 94 valence electrons. The maximum Gasteiger partial charge on any atom is 0.231 e. The summed E-state index contributed by atoms with van der Waals surface area (Å²) in [4.78, 5) is 11.5. The smallest absolute Gasteiger partial charge is 0.231 e. The number of carbonyl (C=O) groups is 1. The molecule has 0 spiro atoms. The van der Waals surface area contributed by atoms with E-state index >= 15 is 0 Å². The topological polar surface area (TPSA) is 71.4 Å². The summed E-state index contributed by atoms with van der Waals surface area (Å²) in [6.07, 6.45) is 1.17. The van der Waals surface area contributed by atoms with E-state index in [1.807, 2.05) is 6.92 Å². The summed E-state index contributed by atoms with van der Waals surface area (Å²) in [6, 6.07) is 6.64. The van der Waals surface area contributed by atoms with Gasteiger partial charge in [0.15, 0.2) is 11.5 Å². The summed E-state index contributed by atoms with van der Waals surface area (Å²) in [6.45, 7) is 2.11. The standard InChI is InChI=1S/C13H14N2O3/c1-2-3-13(16)15-10(7-14)9-4-5-11-12(6-9)18-8-17-11/h4-6,10H,2-3,8H2,1H3,(H,15,16). The van der Waals surface area contributed by atoms with Crippen LogP contribution in [-0.4, -0.2) is 12.7 Å². The number of hydrogen-bond acceptors (Lipinski definition) is 4. The third kappa shape index (κ3) is 2.54. The molecule has 0 aliphatic carbocycles. The molecule has 1 heterocycles. The van der Waals surface area contributed by atoms with E-state index in [4.69, 9.17) is 14.7 Å². The lowest BCUT2D eigenvalue weighted by molar-refractivity contribution is -0.121. The van der Waals surface area contributed by atoms with Gasteiger partial charge in [0.25, 0.3) is 0 Å². The number of amides is 1. The summed E-state index contributed by atoms with van der Waals surface area (Å²) < 4.78 is 10.4. The maximum absolute atomic E-state index is 11.5. The second-order valence-corrected chi connectivity index (χ2v) is 3.99. The lowest BCUT2D eigenvalue weighted by Gasteiger charge is -2.12.